The topological polar surface area (TPSA) is 98.3 Å². The Kier molecular flexibility index (Phi) is 3.28. The van der Waals surface area contributed by atoms with Crippen LogP contribution in [0.5, 0.6) is 0 Å². The fourth-order valence-electron chi connectivity index (χ4n) is 1.81. The van der Waals surface area contributed by atoms with Crippen molar-refractivity contribution in [1.82, 2.24) is 9.78 Å². The van der Waals surface area contributed by atoms with Crippen LogP contribution in [0.15, 0.2) is 30.5 Å². The molecule has 7 heteroatoms. The number of nitrogens with zero attached hydrogens (tertiary/aromatic N) is 3. The molecule has 0 unspecified atom stereocenters. The third-order valence-corrected chi connectivity index (χ3v) is 2.70. The van der Waals surface area contributed by atoms with Gasteiger partial charge in [-0.25, -0.2) is 4.79 Å². The Balaban J connectivity index is 2.34. The minimum absolute atomic E-state index is 0.00692. The van der Waals surface area contributed by atoms with E-state index in [9.17, 15) is 14.9 Å². The number of aryl methyl sites for hydroxylation is 1. The van der Waals surface area contributed by atoms with E-state index >= 15 is 0 Å². The van der Waals surface area contributed by atoms with Crippen molar-refractivity contribution in [1.29, 1.82) is 0 Å². The molecule has 0 amide bonds. The van der Waals surface area contributed by atoms with Crippen LogP contribution in [-0.4, -0.2) is 25.8 Å². The summed E-state index contributed by atoms with van der Waals surface area (Å²) in [4.78, 5) is 21.3. The van der Waals surface area contributed by atoms with E-state index < -0.39 is 10.9 Å². The number of benzene rings is 1. The van der Waals surface area contributed by atoms with Gasteiger partial charge in [0.2, 0.25) is 0 Å². The zero-order valence-corrected chi connectivity index (χ0v) is 10.1. The minimum atomic E-state index is -1.06. The van der Waals surface area contributed by atoms with Crippen LogP contribution < -0.4 is 0 Å². The second kappa shape index (κ2) is 4.89. The Morgan fingerprint density at radius 1 is 1.47 bits per heavy atom. The lowest BCUT2D eigenvalue weighted by Crippen LogP contribution is -2.03. The highest BCUT2D eigenvalue weighted by atomic mass is 16.6. The number of para-hydroxylation sites is 1. The maximum atomic E-state index is 10.9. The molecule has 0 spiro atoms. The van der Waals surface area contributed by atoms with E-state index in [2.05, 4.69) is 5.10 Å². The maximum Gasteiger partial charge on any atom is 0.339 e. The van der Waals surface area contributed by atoms with Crippen molar-refractivity contribution in [3.63, 3.8) is 0 Å². The average molecular weight is 261 g/mol. The van der Waals surface area contributed by atoms with Crippen LogP contribution in [0.1, 0.15) is 21.6 Å². The Bertz CT molecular complexity index is 648. The number of carbonyl (C=O) groups is 1. The molecule has 0 fully saturated rings. The monoisotopic (exact) mass is 261 g/mol. The molecule has 2 aromatic rings. The van der Waals surface area contributed by atoms with E-state index in [4.69, 9.17) is 5.11 Å². The summed E-state index contributed by atoms with van der Waals surface area (Å²) >= 11 is 0. The van der Waals surface area contributed by atoms with Crippen LogP contribution >= 0.6 is 0 Å². The van der Waals surface area contributed by atoms with Gasteiger partial charge in [-0.05, 0) is 6.92 Å². The molecular formula is C12H11N3O4. The van der Waals surface area contributed by atoms with Gasteiger partial charge < -0.3 is 5.11 Å². The molecule has 0 aliphatic carbocycles. The highest BCUT2D eigenvalue weighted by Crippen LogP contribution is 2.19. The molecule has 0 atom stereocenters. The quantitative estimate of drug-likeness (QED) is 0.668. The Morgan fingerprint density at radius 2 is 2.16 bits per heavy atom. The van der Waals surface area contributed by atoms with Crippen molar-refractivity contribution in [3.8, 4) is 0 Å². The molecular weight excluding hydrogens is 250 g/mol. The number of aromatic nitrogens is 2. The van der Waals surface area contributed by atoms with E-state index in [1.54, 1.807) is 25.1 Å². The molecule has 0 radical (unpaired) electrons. The Morgan fingerprint density at radius 3 is 2.74 bits per heavy atom. The molecule has 0 saturated heterocycles. The highest BCUT2D eigenvalue weighted by Gasteiger charge is 2.16. The number of carboxylic acid groups (broad SMARTS) is 1. The van der Waals surface area contributed by atoms with Crippen LogP contribution in [0.3, 0.4) is 0 Å². The second-order valence-electron chi connectivity index (χ2n) is 4.02. The predicted octanol–water partition coefficient (Wildman–Crippen LogP) is 1.85. The molecule has 19 heavy (non-hydrogen) atoms. The zero-order valence-electron chi connectivity index (χ0n) is 10.1. The molecule has 2 rings (SSSR count). The summed E-state index contributed by atoms with van der Waals surface area (Å²) in [6.07, 6.45) is 1.37. The van der Waals surface area contributed by atoms with Gasteiger partial charge in [-0.2, -0.15) is 5.10 Å². The van der Waals surface area contributed by atoms with Crippen molar-refractivity contribution >= 4 is 11.7 Å². The lowest BCUT2D eigenvalue weighted by molar-refractivity contribution is -0.385. The third kappa shape index (κ3) is 2.59. The highest BCUT2D eigenvalue weighted by molar-refractivity contribution is 5.88. The first-order valence-electron chi connectivity index (χ1n) is 5.48. The number of aromatic carboxylic acids is 1. The smallest absolute Gasteiger partial charge is 0.339 e. The first-order valence-corrected chi connectivity index (χ1v) is 5.48. The Labute approximate surface area is 108 Å². The zero-order chi connectivity index (χ0) is 14.0. The van der Waals surface area contributed by atoms with Gasteiger partial charge in [-0.15, -0.1) is 0 Å². The summed E-state index contributed by atoms with van der Waals surface area (Å²) in [5, 5.41) is 23.8. The lowest BCUT2D eigenvalue weighted by Gasteiger charge is -2.02. The van der Waals surface area contributed by atoms with Crippen LogP contribution in [0.4, 0.5) is 5.69 Å². The van der Waals surface area contributed by atoms with Crippen molar-refractivity contribution < 1.29 is 14.8 Å². The minimum Gasteiger partial charge on any atom is -0.478 e. The Hall–Kier alpha value is -2.70. The molecule has 1 aromatic heterocycles. The molecule has 7 nitrogen and oxygen atoms in total. The van der Waals surface area contributed by atoms with Gasteiger partial charge >= 0.3 is 5.97 Å². The van der Waals surface area contributed by atoms with Gasteiger partial charge in [0.1, 0.15) is 5.56 Å². The largest absolute Gasteiger partial charge is 0.478 e. The number of hydrogen-bond donors (Lipinski definition) is 1. The van der Waals surface area contributed by atoms with Gasteiger partial charge in [0.15, 0.2) is 0 Å². The van der Waals surface area contributed by atoms with E-state index in [0.29, 0.717) is 11.3 Å². The SMILES string of the molecule is Cc1nn(Cc2ccccc2[N+](=O)[O-])cc1C(=O)O. The standard InChI is InChI=1S/C12H11N3O4/c1-8-10(12(16)17)7-14(13-8)6-9-4-2-3-5-11(9)15(18)19/h2-5,7H,6H2,1H3,(H,16,17). The number of nitro benzene ring substituents is 1. The second-order valence-corrected chi connectivity index (χ2v) is 4.02. The van der Waals surface area contributed by atoms with Gasteiger partial charge in [0, 0.05) is 12.3 Å². The normalized spacial score (nSPS) is 10.4. The van der Waals surface area contributed by atoms with Crippen LogP contribution in [0.25, 0.3) is 0 Å². The molecule has 1 heterocycles. The molecule has 0 saturated carbocycles. The first-order chi connectivity index (χ1) is 8.99. The van der Waals surface area contributed by atoms with Gasteiger partial charge in [0.25, 0.3) is 5.69 Å². The number of nitro groups is 1. The molecule has 1 N–H and O–H groups in total. The average Bonchev–Trinajstić information content (AvgIpc) is 2.71. The summed E-state index contributed by atoms with van der Waals surface area (Å²) in [5.74, 6) is -1.06. The molecule has 0 aliphatic heterocycles. The number of carboxylic acids is 1. The van der Waals surface area contributed by atoms with Gasteiger partial charge in [0.05, 0.1) is 22.7 Å². The number of rotatable bonds is 4. The van der Waals surface area contributed by atoms with E-state index in [1.807, 2.05) is 0 Å². The number of hydrogen-bond acceptors (Lipinski definition) is 4. The van der Waals surface area contributed by atoms with Crippen molar-refractivity contribution in [3.05, 3.63) is 57.4 Å². The predicted molar refractivity (Wildman–Crippen MR) is 66.1 cm³/mol. The fourth-order valence-corrected chi connectivity index (χ4v) is 1.81. The van der Waals surface area contributed by atoms with Crippen LogP contribution in [0.2, 0.25) is 0 Å². The van der Waals surface area contributed by atoms with Crippen molar-refractivity contribution in [2.75, 3.05) is 0 Å². The lowest BCUT2D eigenvalue weighted by atomic mass is 10.2. The summed E-state index contributed by atoms with van der Waals surface area (Å²) < 4.78 is 1.39. The third-order valence-electron chi connectivity index (χ3n) is 2.70. The van der Waals surface area contributed by atoms with Gasteiger partial charge in [-0.3, -0.25) is 14.8 Å². The van der Waals surface area contributed by atoms with Crippen LogP contribution in [0, 0.1) is 17.0 Å². The first kappa shape index (κ1) is 12.7. The molecule has 0 bridgehead atoms. The maximum absolute atomic E-state index is 10.9. The molecule has 98 valence electrons. The van der Waals surface area contributed by atoms with Gasteiger partial charge in [-0.1, -0.05) is 18.2 Å². The van der Waals surface area contributed by atoms with E-state index in [1.165, 1.54) is 16.9 Å². The molecule has 1 aromatic carbocycles. The van der Waals surface area contributed by atoms with E-state index in [0.717, 1.165) is 0 Å². The van der Waals surface area contributed by atoms with Crippen molar-refractivity contribution in [2.24, 2.45) is 0 Å². The summed E-state index contributed by atoms with van der Waals surface area (Å²) in [7, 11) is 0. The van der Waals surface area contributed by atoms with E-state index in [-0.39, 0.29) is 17.8 Å². The van der Waals surface area contributed by atoms with Crippen molar-refractivity contribution in [2.45, 2.75) is 13.5 Å². The summed E-state index contributed by atoms with van der Waals surface area (Å²) in [6.45, 7) is 1.74. The fraction of sp³-hybridized carbons (Fsp3) is 0.167. The summed E-state index contributed by atoms with van der Waals surface area (Å²) in [5.41, 5.74) is 0.948. The summed E-state index contributed by atoms with van der Waals surface area (Å²) in [6, 6.07) is 6.30. The molecule has 0 aliphatic rings. The van der Waals surface area contributed by atoms with Crippen LogP contribution in [-0.2, 0) is 6.54 Å².